The number of aromatic nitrogens is 1. The molecule has 0 spiro atoms. The Morgan fingerprint density at radius 3 is 2.76 bits per heavy atom. The number of pyridine rings is 1. The monoisotopic (exact) mass is 341 g/mol. The first-order valence-electron chi connectivity index (χ1n) is 9.08. The molecule has 0 amide bonds. The van der Waals surface area contributed by atoms with E-state index in [0.717, 1.165) is 57.1 Å². The minimum absolute atomic E-state index is 0.281. The van der Waals surface area contributed by atoms with E-state index >= 15 is 0 Å². The molecule has 4 nitrogen and oxygen atoms in total. The fourth-order valence-corrected chi connectivity index (χ4v) is 2.81. The molecule has 0 bridgehead atoms. The zero-order valence-corrected chi connectivity index (χ0v) is 14.9. The molecule has 1 aromatic carbocycles. The number of ether oxygens (including phenoxy) is 3. The van der Waals surface area contributed by atoms with E-state index in [1.54, 1.807) is 0 Å². The van der Waals surface area contributed by atoms with E-state index in [-0.39, 0.29) is 5.41 Å². The normalized spacial score (nSPS) is 15.6. The Labute approximate surface area is 150 Å². The van der Waals surface area contributed by atoms with Crippen LogP contribution in [0.1, 0.15) is 26.2 Å². The molecule has 1 aliphatic heterocycles. The van der Waals surface area contributed by atoms with Crippen molar-refractivity contribution in [3.8, 4) is 11.4 Å². The Balaban J connectivity index is 1.34. The molecule has 1 aliphatic rings. The van der Waals surface area contributed by atoms with Crippen LogP contribution in [0.4, 0.5) is 0 Å². The molecule has 1 saturated heterocycles. The van der Waals surface area contributed by atoms with E-state index in [1.165, 1.54) is 0 Å². The van der Waals surface area contributed by atoms with Crippen molar-refractivity contribution < 1.29 is 18.8 Å². The highest BCUT2D eigenvalue weighted by atomic mass is 16.5. The van der Waals surface area contributed by atoms with E-state index in [2.05, 4.69) is 13.1 Å². The van der Waals surface area contributed by atoms with Gasteiger partial charge in [0.15, 0.2) is 6.20 Å². The van der Waals surface area contributed by atoms with Crippen LogP contribution in [0, 0.1) is 11.6 Å². The van der Waals surface area contributed by atoms with Gasteiger partial charge in [-0.1, -0.05) is 25.1 Å². The Morgan fingerprint density at radius 2 is 2.04 bits per heavy atom. The predicted octanol–water partition coefficient (Wildman–Crippen LogP) is 3.37. The number of hydrogen-bond donors (Lipinski definition) is 0. The standard InChI is InChI=1S/C21H27NO3/c1-2-21(17-24-18-21)16-23-13-6-7-14-25-20-10-8-9-19(15-20)22-11-4-3-5-12-22/h3-5,8-11,15H,2,6-7,13-14,16-18H2,1H3. The van der Waals surface area contributed by atoms with Crippen molar-refractivity contribution in [2.24, 2.45) is 5.41 Å². The van der Waals surface area contributed by atoms with Crippen LogP contribution in [0.3, 0.4) is 0 Å². The SMILES string of the molecule is CCC1(COCCCCOc2cccc(-[n+]3[c-]cccc3)c2)COC1. The van der Waals surface area contributed by atoms with Crippen molar-refractivity contribution in [3.05, 3.63) is 54.9 Å². The molecule has 0 atom stereocenters. The quantitative estimate of drug-likeness (QED) is 0.377. The first-order chi connectivity index (χ1) is 12.3. The molecule has 2 aromatic rings. The van der Waals surface area contributed by atoms with E-state index in [1.807, 2.05) is 53.2 Å². The molecule has 0 radical (unpaired) electrons. The average molecular weight is 341 g/mol. The largest absolute Gasteiger partial charge is 0.494 e. The van der Waals surface area contributed by atoms with Crippen molar-refractivity contribution in [3.63, 3.8) is 0 Å². The van der Waals surface area contributed by atoms with Gasteiger partial charge in [-0.05, 0) is 31.4 Å². The summed E-state index contributed by atoms with van der Waals surface area (Å²) in [6.45, 7) is 6.22. The second-order valence-corrected chi connectivity index (χ2v) is 6.65. The van der Waals surface area contributed by atoms with Gasteiger partial charge in [0.05, 0.1) is 32.6 Å². The summed E-state index contributed by atoms with van der Waals surface area (Å²) < 4.78 is 18.9. The van der Waals surface area contributed by atoms with E-state index < -0.39 is 0 Å². The third-order valence-corrected chi connectivity index (χ3v) is 4.68. The van der Waals surface area contributed by atoms with Gasteiger partial charge in [-0.2, -0.15) is 0 Å². The highest BCUT2D eigenvalue weighted by Crippen LogP contribution is 2.31. The summed E-state index contributed by atoms with van der Waals surface area (Å²) in [5.74, 6) is 0.889. The molecule has 0 unspecified atom stereocenters. The van der Waals surface area contributed by atoms with Crippen LogP contribution in [-0.4, -0.2) is 33.0 Å². The van der Waals surface area contributed by atoms with Gasteiger partial charge in [0, 0.05) is 18.1 Å². The van der Waals surface area contributed by atoms with Gasteiger partial charge in [0.1, 0.15) is 11.4 Å². The van der Waals surface area contributed by atoms with Crippen molar-refractivity contribution in [1.29, 1.82) is 0 Å². The van der Waals surface area contributed by atoms with E-state index in [9.17, 15) is 0 Å². The van der Waals surface area contributed by atoms with Crippen molar-refractivity contribution >= 4 is 0 Å². The zero-order chi connectivity index (χ0) is 17.4. The second-order valence-electron chi connectivity index (χ2n) is 6.65. The van der Waals surface area contributed by atoms with Gasteiger partial charge in [-0.3, -0.25) is 4.57 Å². The van der Waals surface area contributed by atoms with Gasteiger partial charge in [-0.15, -0.1) is 6.07 Å². The predicted molar refractivity (Wildman–Crippen MR) is 95.9 cm³/mol. The summed E-state index contributed by atoms with van der Waals surface area (Å²) in [4.78, 5) is 0. The molecule has 4 heteroatoms. The minimum Gasteiger partial charge on any atom is -0.494 e. The summed E-state index contributed by atoms with van der Waals surface area (Å²) in [5.41, 5.74) is 1.33. The highest BCUT2D eigenvalue weighted by molar-refractivity contribution is 5.33. The van der Waals surface area contributed by atoms with Crippen molar-refractivity contribution in [2.45, 2.75) is 26.2 Å². The van der Waals surface area contributed by atoms with E-state index in [4.69, 9.17) is 14.2 Å². The summed E-state index contributed by atoms with van der Waals surface area (Å²) >= 11 is 0. The summed E-state index contributed by atoms with van der Waals surface area (Å²) in [7, 11) is 0. The van der Waals surface area contributed by atoms with Gasteiger partial charge in [-0.25, -0.2) is 0 Å². The molecule has 0 N–H and O–H groups in total. The summed E-state index contributed by atoms with van der Waals surface area (Å²) in [5, 5.41) is 0. The Morgan fingerprint density at radius 1 is 1.16 bits per heavy atom. The second kappa shape index (κ2) is 8.97. The Bertz CT molecular complexity index is 635. The molecule has 134 valence electrons. The van der Waals surface area contributed by atoms with Crippen LogP contribution in [-0.2, 0) is 9.47 Å². The molecule has 2 heterocycles. The molecule has 3 rings (SSSR count). The fourth-order valence-electron chi connectivity index (χ4n) is 2.81. The van der Waals surface area contributed by atoms with Gasteiger partial charge >= 0.3 is 0 Å². The van der Waals surface area contributed by atoms with Gasteiger partial charge in [0.25, 0.3) is 0 Å². The molecule has 1 aromatic heterocycles. The van der Waals surface area contributed by atoms with Gasteiger partial charge < -0.3 is 14.2 Å². The van der Waals surface area contributed by atoms with E-state index in [0.29, 0.717) is 6.61 Å². The maximum atomic E-state index is 5.87. The summed E-state index contributed by atoms with van der Waals surface area (Å²) in [6.07, 6.45) is 8.28. The van der Waals surface area contributed by atoms with Crippen molar-refractivity contribution in [1.82, 2.24) is 0 Å². The van der Waals surface area contributed by atoms with Crippen molar-refractivity contribution in [2.75, 3.05) is 33.0 Å². The van der Waals surface area contributed by atoms with Crippen LogP contribution >= 0.6 is 0 Å². The van der Waals surface area contributed by atoms with Crippen LogP contribution in [0.2, 0.25) is 0 Å². The number of benzene rings is 1. The smallest absolute Gasteiger partial charge is 0.152 e. The minimum atomic E-state index is 0.281. The highest BCUT2D eigenvalue weighted by Gasteiger charge is 2.36. The Hall–Kier alpha value is -1.91. The van der Waals surface area contributed by atoms with Crippen LogP contribution < -0.4 is 9.30 Å². The lowest BCUT2D eigenvalue weighted by Gasteiger charge is -2.40. The molecule has 0 aliphatic carbocycles. The molecule has 1 fully saturated rings. The van der Waals surface area contributed by atoms with Crippen LogP contribution in [0.25, 0.3) is 5.69 Å². The first-order valence-corrected chi connectivity index (χ1v) is 9.08. The van der Waals surface area contributed by atoms with Crippen LogP contribution in [0.5, 0.6) is 5.75 Å². The lowest BCUT2D eigenvalue weighted by molar-refractivity contribution is -0.600. The lowest BCUT2D eigenvalue weighted by atomic mass is 9.84. The first kappa shape index (κ1) is 17.9. The fraction of sp³-hybridized carbons (Fsp3) is 0.476. The maximum absolute atomic E-state index is 5.87. The lowest BCUT2D eigenvalue weighted by Crippen LogP contribution is -2.45. The molecule has 25 heavy (non-hydrogen) atoms. The summed E-state index contributed by atoms with van der Waals surface area (Å²) in [6, 6.07) is 13.9. The molecular formula is C21H27NO3. The van der Waals surface area contributed by atoms with Crippen LogP contribution in [0.15, 0.2) is 48.7 Å². The zero-order valence-electron chi connectivity index (χ0n) is 14.9. The Kier molecular flexibility index (Phi) is 6.42. The number of rotatable bonds is 10. The third-order valence-electron chi connectivity index (χ3n) is 4.68. The number of unbranched alkanes of at least 4 members (excludes halogenated alkanes) is 1. The molecular weight excluding hydrogens is 314 g/mol. The maximum Gasteiger partial charge on any atom is 0.152 e. The molecule has 0 saturated carbocycles. The third kappa shape index (κ3) is 5.03. The topological polar surface area (TPSA) is 31.6 Å². The van der Waals surface area contributed by atoms with Gasteiger partial charge in [0.2, 0.25) is 0 Å². The number of nitrogens with zero attached hydrogens (tertiary/aromatic N) is 1. The average Bonchev–Trinajstić information content (AvgIpc) is 2.64. The number of hydrogen-bond acceptors (Lipinski definition) is 3.